The molecule has 1 saturated heterocycles. The molecule has 14 heavy (non-hydrogen) atoms. The van der Waals surface area contributed by atoms with Gasteiger partial charge in [0.2, 0.25) is 5.97 Å². The lowest BCUT2D eigenvalue weighted by atomic mass is 10.3. The molecule has 1 fully saturated rings. The number of rotatable bonds is 1. The van der Waals surface area contributed by atoms with E-state index in [0.717, 1.165) is 26.2 Å². The summed E-state index contributed by atoms with van der Waals surface area (Å²) in [7, 11) is 0. The molecule has 5 nitrogen and oxygen atoms in total. The third-order valence-electron chi connectivity index (χ3n) is 2.10. The van der Waals surface area contributed by atoms with Gasteiger partial charge in [0.15, 0.2) is 0 Å². The van der Waals surface area contributed by atoms with Crippen LogP contribution in [0.25, 0.3) is 0 Å². The minimum atomic E-state index is -0.834. The van der Waals surface area contributed by atoms with Crippen LogP contribution in [0.2, 0.25) is 0 Å². The summed E-state index contributed by atoms with van der Waals surface area (Å²) in [5.74, 6) is -0.429. The number of hydrogen-bond acceptors (Lipinski definition) is 5. The van der Waals surface area contributed by atoms with Gasteiger partial charge in [-0.2, -0.15) is 4.39 Å². The third kappa shape index (κ3) is 1.92. The second-order valence-electron chi connectivity index (χ2n) is 3.06. The molecule has 78 valence electrons. The van der Waals surface area contributed by atoms with Gasteiger partial charge in [0.1, 0.15) is 5.82 Å². The number of nitrogens with zero attached hydrogens (tertiary/aromatic N) is 3. The Labute approximate surface area is 79.9 Å². The molecule has 0 aromatic rings. The lowest BCUT2D eigenvalue weighted by molar-refractivity contribution is -0.0322. The van der Waals surface area contributed by atoms with E-state index < -0.39 is 5.97 Å². The van der Waals surface area contributed by atoms with E-state index in [-0.39, 0.29) is 5.34 Å². The Balaban J connectivity index is 2.06. The summed E-state index contributed by atoms with van der Waals surface area (Å²) in [6, 6.07) is 0. The number of piperazine rings is 1. The molecule has 0 amide bonds. The Bertz CT molecular complexity index is 271. The molecule has 0 saturated carbocycles. The monoisotopic (exact) mass is 203 g/mol. The summed E-state index contributed by atoms with van der Waals surface area (Å²) >= 11 is 0. The highest BCUT2D eigenvalue weighted by molar-refractivity contribution is 5.87. The Morgan fingerprint density at radius 2 is 2.07 bits per heavy atom. The van der Waals surface area contributed by atoms with Crippen molar-refractivity contribution in [2.75, 3.05) is 26.2 Å². The van der Waals surface area contributed by atoms with Crippen LogP contribution in [0.1, 0.15) is 0 Å². The van der Waals surface area contributed by atoms with Crippen LogP contribution in [-0.4, -0.2) is 42.4 Å². The van der Waals surface area contributed by atoms with Crippen LogP contribution in [0.5, 0.6) is 0 Å². The van der Waals surface area contributed by atoms with Crippen molar-refractivity contribution in [3.05, 3.63) is 11.9 Å². The topological polar surface area (TPSA) is 42.9 Å². The maximum atomic E-state index is 12.7. The smallest absolute Gasteiger partial charge is 0.239 e. The summed E-state index contributed by atoms with van der Waals surface area (Å²) in [6.07, 6.45) is 1.18. The Kier molecular flexibility index (Phi) is 2.49. The number of hydrogen-bond donors (Lipinski definition) is 2. The number of hydrazine groups is 1. The van der Waals surface area contributed by atoms with E-state index in [4.69, 9.17) is 0 Å². The fourth-order valence-electron chi connectivity index (χ4n) is 1.45. The van der Waals surface area contributed by atoms with Crippen molar-refractivity contribution in [1.29, 1.82) is 0 Å². The van der Waals surface area contributed by atoms with E-state index in [0.29, 0.717) is 5.82 Å². The largest absolute Gasteiger partial charge is 0.354 e. The fourth-order valence-corrected chi connectivity index (χ4v) is 1.45. The van der Waals surface area contributed by atoms with Gasteiger partial charge in [0.05, 0.1) is 0 Å². The first kappa shape index (κ1) is 9.20. The summed E-state index contributed by atoms with van der Waals surface area (Å²) in [5.41, 5.74) is 2.31. The average molecular weight is 203 g/mol. The van der Waals surface area contributed by atoms with E-state index in [1.165, 1.54) is 6.08 Å². The highest BCUT2D eigenvalue weighted by Gasteiger charge is 2.19. The molecular formula is C7H11F2N5. The van der Waals surface area contributed by atoms with E-state index in [2.05, 4.69) is 15.8 Å². The third-order valence-corrected chi connectivity index (χ3v) is 2.10. The van der Waals surface area contributed by atoms with E-state index >= 15 is 0 Å². The van der Waals surface area contributed by atoms with Crippen LogP contribution in [-0.2, 0) is 0 Å². The predicted molar refractivity (Wildman–Crippen MR) is 47.2 cm³/mol. The van der Waals surface area contributed by atoms with Crippen LogP contribution in [0.4, 0.5) is 8.87 Å². The zero-order valence-corrected chi connectivity index (χ0v) is 7.50. The SMILES string of the molecule is FC1=NN(F)NC(N2CCNCC2)=C1. The lowest BCUT2D eigenvalue weighted by Gasteiger charge is -2.33. The van der Waals surface area contributed by atoms with E-state index in [1.807, 2.05) is 4.90 Å². The molecule has 0 aliphatic carbocycles. The zero-order valence-electron chi connectivity index (χ0n) is 7.50. The first-order valence-electron chi connectivity index (χ1n) is 4.40. The van der Waals surface area contributed by atoms with Gasteiger partial charge in [-0.3, -0.25) is 0 Å². The van der Waals surface area contributed by atoms with Crippen LogP contribution in [0, 0.1) is 0 Å². The minimum Gasteiger partial charge on any atom is -0.354 e. The second kappa shape index (κ2) is 3.79. The van der Waals surface area contributed by atoms with Crippen molar-refractivity contribution < 1.29 is 8.87 Å². The molecule has 0 aromatic carbocycles. The van der Waals surface area contributed by atoms with Crippen LogP contribution in [0.15, 0.2) is 17.0 Å². The van der Waals surface area contributed by atoms with Gasteiger partial charge in [-0.15, -0.1) is 0 Å². The highest BCUT2D eigenvalue weighted by Crippen LogP contribution is 2.09. The molecule has 2 N–H and O–H groups in total. The van der Waals surface area contributed by atoms with Gasteiger partial charge in [-0.05, 0) is 5.34 Å². The molecule has 0 bridgehead atoms. The summed E-state index contributed by atoms with van der Waals surface area (Å²) in [6.45, 7) is 3.06. The molecule has 0 atom stereocenters. The maximum absolute atomic E-state index is 12.7. The normalized spacial score (nSPS) is 22.7. The molecule has 2 heterocycles. The lowest BCUT2D eigenvalue weighted by Crippen LogP contribution is -2.48. The number of allylic oxidation sites excluding steroid dienone is 1. The van der Waals surface area contributed by atoms with Crippen molar-refractivity contribution in [3.63, 3.8) is 0 Å². The van der Waals surface area contributed by atoms with Gasteiger partial charge >= 0.3 is 0 Å². The first-order valence-corrected chi connectivity index (χ1v) is 4.40. The van der Waals surface area contributed by atoms with Gasteiger partial charge in [-0.1, -0.05) is 9.58 Å². The van der Waals surface area contributed by atoms with Crippen molar-refractivity contribution in [2.45, 2.75) is 0 Å². The van der Waals surface area contributed by atoms with Crippen molar-refractivity contribution >= 4 is 5.97 Å². The first-order chi connectivity index (χ1) is 6.75. The fraction of sp³-hybridized carbons (Fsp3) is 0.571. The molecule has 0 radical (unpaired) electrons. The summed E-state index contributed by atoms with van der Waals surface area (Å²) < 4.78 is 25.4. The van der Waals surface area contributed by atoms with Gasteiger partial charge in [0.25, 0.3) is 0 Å². The highest BCUT2D eigenvalue weighted by atomic mass is 19.2. The Morgan fingerprint density at radius 3 is 2.71 bits per heavy atom. The Hall–Kier alpha value is -1.37. The van der Waals surface area contributed by atoms with Gasteiger partial charge in [-0.25, -0.2) is 5.43 Å². The molecule has 0 unspecified atom stereocenters. The predicted octanol–water partition coefficient (Wildman–Crippen LogP) is -0.279. The van der Waals surface area contributed by atoms with Crippen molar-refractivity contribution in [2.24, 2.45) is 5.10 Å². The van der Waals surface area contributed by atoms with Crippen LogP contribution >= 0.6 is 0 Å². The van der Waals surface area contributed by atoms with Crippen LogP contribution in [0.3, 0.4) is 0 Å². The van der Waals surface area contributed by atoms with E-state index in [1.54, 1.807) is 0 Å². The molecule has 7 heteroatoms. The van der Waals surface area contributed by atoms with Gasteiger partial charge in [0, 0.05) is 32.3 Å². The summed E-state index contributed by atoms with van der Waals surface area (Å²) in [5, 5.41) is 5.94. The average Bonchev–Trinajstić information content (AvgIpc) is 2.18. The molecule has 0 spiro atoms. The van der Waals surface area contributed by atoms with Gasteiger partial charge < -0.3 is 10.2 Å². The number of nitrogens with one attached hydrogen (secondary N) is 2. The number of hydrazone groups is 1. The standard InChI is InChI=1S/C7H11F2N5/c8-6-5-7(12-14(9)11-6)13-3-1-10-2-4-13/h5,10,12H,1-4H2. The van der Waals surface area contributed by atoms with Crippen molar-refractivity contribution in [3.8, 4) is 0 Å². The molecule has 2 aliphatic rings. The number of halogens is 2. The Morgan fingerprint density at radius 1 is 1.36 bits per heavy atom. The van der Waals surface area contributed by atoms with E-state index in [9.17, 15) is 8.87 Å². The summed E-state index contributed by atoms with van der Waals surface area (Å²) in [4.78, 5) is 1.86. The molecule has 0 aromatic heterocycles. The van der Waals surface area contributed by atoms with Crippen LogP contribution < -0.4 is 10.7 Å². The zero-order chi connectivity index (χ0) is 9.97. The van der Waals surface area contributed by atoms with Crippen molar-refractivity contribution in [1.82, 2.24) is 21.0 Å². The maximum Gasteiger partial charge on any atom is 0.239 e. The molecule has 2 aliphatic heterocycles. The molecular weight excluding hydrogens is 192 g/mol. The second-order valence-corrected chi connectivity index (χ2v) is 3.06. The quantitative estimate of drug-likeness (QED) is 0.575. The molecule has 2 rings (SSSR count). The minimum absolute atomic E-state index is 0.118.